The lowest BCUT2D eigenvalue weighted by molar-refractivity contribution is -0.383. The summed E-state index contributed by atoms with van der Waals surface area (Å²) in [6, 6.07) is 3.22. The molecule has 3 heterocycles. The van der Waals surface area contributed by atoms with Crippen LogP contribution in [0.3, 0.4) is 0 Å². The zero-order valence-corrected chi connectivity index (χ0v) is 24.5. The third-order valence-corrected chi connectivity index (χ3v) is 7.93. The van der Waals surface area contributed by atoms with E-state index in [1.165, 1.54) is 0 Å². The molecule has 3 aliphatic rings. The Morgan fingerprint density at radius 3 is 2.33 bits per heavy atom. The number of esters is 1. The van der Waals surface area contributed by atoms with E-state index in [2.05, 4.69) is 0 Å². The molecule has 8 N–H and O–H groups in total. The van der Waals surface area contributed by atoms with Gasteiger partial charge < -0.3 is 64.5 Å². The van der Waals surface area contributed by atoms with E-state index in [4.69, 9.17) is 23.7 Å². The number of fused-ring (bicyclic) bond motifs is 1. The maximum Gasteiger partial charge on any atom is 0.338 e. The summed E-state index contributed by atoms with van der Waals surface area (Å²) in [6.45, 7) is 4.81. The van der Waals surface area contributed by atoms with Gasteiger partial charge in [0.1, 0.15) is 67.8 Å². The molecule has 43 heavy (non-hydrogen) atoms. The average molecular weight is 615 g/mol. The molecule has 10 unspecified atom stereocenters. The maximum atomic E-state index is 13.2. The van der Waals surface area contributed by atoms with Crippen molar-refractivity contribution < 1.29 is 69.3 Å². The van der Waals surface area contributed by atoms with Crippen molar-refractivity contribution in [2.75, 3.05) is 19.8 Å². The van der Waals surface area contributed by atoms with Crippen molar-refractivity contribution in [3.8, 4) is 5.75 Å². The van der Waals surface area contributed by atoms with Crippen LogP contribution in [-0.4, -0.2) is 133 Å². The van der Waals surface area contributed by atoms with E-state index in [0.29, 0.717) is 29.7 Å². The molecule has 14 nitrogen and oxygen atoms in total. The monoisotopic (exact) mass is 614 g/mol. The number of allylic oxidation sites excluding steroid dienone is 2. The van der Waals surface area contributed by atoms with Gasteiger partial charge in [0.2, 0.25) is 5.79 Å². The third kappa shape index (κ3) is 6.89. The summed E-state index contributed by atoms with van der Waals surface area (Å²) in [4.78, 5) is 13.2. The minimum absolute atomic E-state index is 0.181. The molecule has 0 radical (unpaired) electrons. The van der Waals surface area contributed by atoms with Crippen molar-refractivity contribution in [3.05, 3.63) is 40.5 Å². The highest BCUT2D eigenvalue weighted by atomic mass is 16.8. The molecule has 0 spiro atoms. The summed E-state index contributed by atoms with van der Waals surface area (Å²) < 4.78 is 27.8. The Labute approximate surface area is 248 Å². The first kappa shape index (κ1) is 33.7. The number of hydrogen-bond acceptors (Lipinski definition) is 14. The van der Waals surface area contributed by atoms with Crippen molar-refractivity contribution in [1.82, 2.24) is 0 Å². The Hall–Kier alpha value is -2.21. The molecule has 1 aromatic carbocycles. The Kier molecular flexibility index (Phi) is 10.2. The third-order valence-electron chi connectivity index (χ3n) is 7.93. The Morgan fingerprint density at radius 1 is 1.05 bits per heavy atom. The van der Waals surface area contributed by atoms with Crippen LogP contribution >= 0.6 is 0 Å². The lowest BCUT2D eigenvalue weighted by Gasteiger charge is -2.43. The molecule has 0 aromatic heterocycles. The number of benzene rings is 1. The summed E-state index contributed by atoms with van der Waals surface area (Å²) in [6.07, 6.45) is -11.3. The van der Waals surface area contributed by atoms with E-state index < -0.39 is 92.3 Å². The zero-order chi connectivity index (χ0) is 31.9. The van der Waals surface area contributed by atoms with E-state index in [1.54, 1.807) is 26.0 Å². The highest BCUT2D eigenvalue weighted by Gasteiger charge is 2.58. The van der Waals surface area contributed by atoms with Gasteiger partial charge >= 0.3 is 5.97 Å². The van der Waals surface area contributed by atoms with E-state index in [0.717, 1.165) is 5.57 Å². The van der Waals surface area contributed by atoms with E-state index in [-0.39, 0.29) is 5.56 Å². The maximum absolute atomic E-state index is 13.2. The van der Waals surface area contributed by atoms with Gasteiger partial charge in [-0.3, -0.25) is 0 Å². The van der Waals surface area contributed by atoms with E-state index in [1.807, 2.05) is 19.9 Å². The number of aliphatic hydroxyl groups is 8. The van der Waals surface area contributed by atoms with Gasteiger partial charge in [-0.2, -0.15) is 0 Å². The van der Waals surface area contributed by atoms with Crippen LogP contribution in [0.1, 0.15) is 49.2 Å². The van der Waals surface area contributed by atoms with Crippen molar-refractivity contribution >= 4 is 5.97 Å². The highest BCUT2D eigenvalue weighted by Crippen LogP contribution is 2.39. The van der Waals surface area contributed by atoms with Gasteiger partial charge in [0, 0.05) is 6.42 Å². The summed E-state index contributed by atoms with van der Waals surface area (Å²) >= 11 is 0. The van der Waals surface area contributed by atoms with Crippen molar-refractivity contribution in [3.63, 3.8) is 0 Å². The molecule has 0 bridgehead atoms. The molecule has 14 heteroatoms. The van der Waals surface area contributed by atoms with Crippen LogP contribution in [0, 0.1) is 0 Å². The molecule has 0 saturated carbocycles. The molecule has 1 aromatic rings. The SMILES string of the molecule is CC(C)=CCc1cc(C(=O)OCC2OC(OC3(CO)OC(CO)C(O)C3O)C(O)C(O)C2O)cc2c1OC(C(C)(C)O)C2. The van der Waals surface area contributed by atoms with Gasteiger partial charge in [0.25, 0.3) is 0 Å². The second-order valence-corrected chi connectivity index (χ2v) is 12.0. The van der Waals surface area contributed by atoms with Gasteiger partial charge in [-0.05, 0) is 57.4 Å². The van der Waals surface area contributed by atoms with Crippen LogP contribution in [0.5, 0.6) is 5.75 Å². The second kappa shape index (κ2) is 13.0. The fourth-order valence-corrected chi connectivity index (χ4v) is 5.28. The zero-order valence-electron chi connectivity index (χ0n) is 24.5. The smallest absolute Gasteiger partial charge is 0.338 e. The Morgan fingerprint density at radius 2 is 1.74 bits per heavy atom. The van der Waals surface area contributed by atoms with Crippen LogP contribution in [0.2, 0.25) is 0 Å². The first-order valence-corrected chi connectivity index (χ1v) is 14.1. The summed E-state index contributed by atoms with van der Waals surface area (Å²) in [5.74, 6) is -2.53. The van der Waals surface area contributed by atoms with Crippen LogP contribution < -0.4 is 4.74 Å². The molecule has 4 rings (SSSR count). The lowest BCUT2D eigenvalue weighted by atomic mass is 9.95. The van der Waals surface area contributed by atoms with Gasteiger partial charge in [0.05, 0.1) is 17.8 Å². The van der Waals surface area contributed by atoms with Gasteiger partial charge in [0.15, 0.2) is 6.29 Å². The minimum atomic E-state index is -2.34. The van der Waals surface area contributed by atoms with Gasteiger partial charge in [-0.25, -0.2) is 4.79 Å². The van der Waals surface area contributed by atoms with Crippen LogP contribution in [0.25, 0.3) is 0 Å². The standard InChI is InChI=1S/C29H42O14/c1-13(2)5-6-14-7-16(8-15-9-19(28(3,4)38)41-24(14)15)26(37)39-11-18-20(32)22(34)23(35)27(40-18)43-29(12-31)25(36)21(33)17(10-30)42-29/h5,7-8,17-23,25,27,30-36,38H,6,9-12H2,1-4H3. The summed E-state index contributed by atoms with van der Waals surface area (Å²) in [7, 11) is 0. The minimum Gasteiger partial charge on any atom is -0.487 e. The lowest BCUT2D eigenvalue weighted by Crippen LogP contribution is -2.62. The normalized spacial score (nSPS) is 35.8. The number of carbonyl (C=O) groups is 1. The number of ether oxygens (including phenoxy) is 5. The first-order valence-electron chi connectivity index (χ1n) is 14.1. The molecular weight excluding hydrogens is 572 g/mol. The predicted molar refractivity (Wildman–Crippen MR) is 146 cm³/mol. The molecule has 2 fully saturated rings. The highest BCUT2D eigenvalue weighted by molar-refractivity contribution is 5.90. The number of carbonyl (C=O) groups excluding carboxylic acids is 1. The van der Waals surface area contributed by atoms with E-state index in [9.17, 15) is 45.6 Å². The molecule has 3 aliphatic heterocycles. The van der Waals surface area contributed by atoms with Crippen LogP contribution in [-0.2, 0) is 31.8 Å². The quantitative estimate of drug-likeness (QED) is 0.106. The topological polar surface area (TPSA) is 225 Å². The first-order chi connectivity index (χ1) is 20.1. The summed E-state index contributed by atoms with van der Waals surface area (Å²) in [5, 5.41) is 81.8. The summed E-state index contributed by atoms with van der Waals surface area (Å²) in [5.41, 5.74) is 1.54. The van der Waals surface area contributed by atoms with Crippen LogP contribution in [0.15, 0.2) is 23.8 Å². The van der Waals surface area contributed by atoms with Crippen molar-refractivity contribution in [1.29, 1.82) is 0 Å². The predicted octanol–water partition coefficient (Wildman–Crippen LogP) is -1.95. The largest absolute Gasteiger partial charge is 0.487 e. The molecule has 0 amide bonds. The van der Waals surface area contributed by atoms with Gasteiger partial charge in [-0.15, -0.1) is 0 Å². The molecule has 10 atom stereocenters. The molecule has 2 saturated heterocycles. The Bertz CT molecular complexity index is 1180. The van der Waals surface area contributed by atoms with Crippen molar-refractivity contribution in [2.45, 2.75) is 107 Å². The van der Waals surface area contributed by atoms with Crippen molar-refractivity contribution in [2.24, 2.45) is 0 Å². The van der Waals surface area contributed by atoms with Crippen LogP contribution in [0.4, 0.5) is 0 Å². The number of hydrogen-bond donors (Lipinski definition) is 8. The second-order valence-electron chi connectivity index (χ2n) is 12.0. The molecule has 242 valence electrons. The fourth-order valence-electron chi connectivity index (χ4n) is 5.28. The number of aliphatic hydroxyl groups excluding tert-OH is 7. The molecular formula is C29H42O14. The average Bonchev–Trinajstić information content (AvgIpc) is 3.51. The molecule has 0 aliphatic carbocycles. The fraction of sp³-hybridized carbons (Fsp3) is 0.690. The number of rotatable bonds is 10. The van der Waals surface area contributed by atoms with E-state index >= 15 is 0 Å². The van der Waals surface area contributed by atoms with Gasteiger partial charge in [-0.1, -0.05) is 11.6 Å². The Balaban J connectivity index is 1.49.